The lowest BCUT2D eigenvalue weighted by Crippen LogP contribution is -3.14. The topological polar surface area (TPSA) is 96.5 Å². The third kappa shape index (κ3) is 5.00. The number of furan rings is 1. The molecule has 1 aromatic heterocycles. The second-order valence-electron chi connectivity index (χ2n) is 8.77. The maximum Gasteiger partial charge on any atom is 0.295 e. The molecule has 2 aliphatic rings. The molecule has 8 nitrogen and oxygen atoms in total. The Hall–Kier alpha value is -3.17. The third-order valence-corrected chi connectivity index (χ3v) is 6.03. The summed E-state index contributed by atoms with van der Waals surface area (Å²) in [5, 5.41) is 13.4. The number of carbonyl (C=O) groups excluding carboxylic acids is 2. The molecule has 0 saturated carbocycles. The summed E-state index contributed by atoms with van der Waals surface area (Å²) in [6.45, 7) is 7.84. The van der Waals surface area contributed by atoms with Crippen molar-refractivity contribution in [2.75, 3.05) is 39.4 Å². The van der Waals surface area contributed by atoms with Gasteiger partial charge in [0.15, 0.2) is 11.6 Å². The molecule has 1 amide bonds. The number of hydrogen-bond donors (Lipinski definition) is 1. The molecule has 3 heterocycles. The Kier molecular flexibility index (Phi) is 7.33. The van der Waals surface area contributed by atoms with E-state index in [0.717, 1.165) is 25.7 Å². The molecule has 2 fully saturated rings. The number of hydrogen-bond acceptors (Lipinski definition) is 6. The van der Waals surface area contributed by atoms with Crippen LogP contribution in [-0.2, 0) is 14.3 Å². The third-order valence-electron chi connectivity index (χ3n) is 6.03. The highest BCUT2D eigenvalue weighted by Gasteiger charge is 2.45. The van der Waals surface area contributed by atoms with Crippen LogP contribution in [0.2, 0.25) is 0 Å². The van der Waals surface area contributed by atoms with E-state index in [2.05, 4.69) is 0 Å². The smallest absolute Gasteiger partial charge is 0.295 e. The van der Waals surface area contributed by atoms with Gasteiger partial charge in [-0.1, -0.05) is 11.8 Å². The maximum atomic E-state index is 14.5. The van der Waals surface area contributed by atoms with E-state index in [4.69, 9.17) is 13.9 Å². The number of carbonyl (C=O) groups is 2. The van der Waals surface area contributed by atoms with Gasteiger partial charge in [0.1, 0.15) is 24.9 Å². The Morgan fingerprint density at radius 1 is 1.26 bits per heavy atom. The molecular formula is C25H29FN2O6. The monoisotopic (exact) mass is 472 g/mol. The molecule has 4 rings (SSSR count). The van der Waals surface area contributed by atoms with E-state index in [1.807, 2.05) is 0 Å². The summed E-state index contributed by atoms with van der Waals surface area (Å²) in [7, 11) is 0. The fraction of sp³-hybridized carbons (Fsp3) is 0.440. The molecule has 1 atom stereocenters. The molecular weight excluding hydrogens is 443 g/mol. The quantitative estimate of drug-likeness (QED) is 0.346. The molecule has 2 aliphatic heterocycles. The first-order valence-electron chi connectivity index (χ1n) is 11.5. The van der Waals surface area contributed by atoms with Crippen LogP contribution < -0.4 is 14.7 Å². The number of ketones is 1. The van der Waals surface area contributed by atoms with Crippen molar-refractivity contribution in [1.82, 2.24) is 4.90 Å². The number of benzene rings is 1. The molecule has 1 unspecified atom stereocenters. The molecule has 0 aliphatic carbocycles. The Bertz CT molecular complexity index is 1060. The lowest BCUT2D eigenvalue weighted by molar-refractivity contribution is -0.908. The van der Waals surface area contributed by atoms with E-state index >= 15 is 0 Å². The number of nitrogens with one attached hydrogen (secondary N) is 1. The van der Waals surface area contributed by atoms with Crippen LogP contribution >= 0.6 is 0 Å². The van der Waals surface area contributed by atoms with Crippen LogP contribution in [0.1, 0.15) is 37.6 Å². The van der Waals surface area contributed by atoms with Crippen LogP contribution in [0, 0.1) is 5.82 Å². The van der Waals surface area contributed by atoms with Gasteiger partial charge in [-0.3, -0.25) is 9.59 Å². The van der Waals surface area contributed by atoms with Gasteiger partial charge in [-0.2, -0.15) is 0 Å². The van der Waals surface area contributed by atoms with Crippen LogP contribution in [0.5, 0.6) is 5.75 Å². The average molecular weight is 473 g/mol. The van der Waals surface area contributed by atoms with Gasteiger partial charge in [0.25, 0.3) is 5.91 Å². The maximum absolute atomic E-state index is 14.5. The van der Waals surface area contributed by atoms with Gasteiger partial charge >= 0.3 is 0 Å². The van der Waals surface area contributed by atoms with Gasteiger partial charge in [-0.05, 0) is 43.7 Å². The van der Waals surface area contributed by atoms with Gasteiger partial charge in [0.05, 0.1) is 32.1 Å². The highest BCUT2D eigenvalue weighted by Crippen LogP contribution is 2.39. The molecule has 182 valence electrons. The number of rotatable bonds is 8. The van der Waals surface area contributed by atoms with Gasteiger partial charge in [0.2, 0.25) is 5.78 Å². The number of morpholine rings is 1. The molecule has 2 aromatic rings. The highest BCUT2D eigenvalue weighted by atomic mass is 19.1. The van der Waals surface area contributed by atoms with E-state index < -0.39 is 29.3 Å². The van der Waals surface area contributed by atoms with E-state index in [-0.39, 0.29) is 23.0 Å². The Morgan fingerprint density at radius 3 is 2.68 bits per heavy atom. The number of amides is 1. The predicted octanol–water partition coefficient (Wildman–Crippen LogP) is 0.735. The molecule has 0 radical (unpaired) electrons. The minimum absolute atomic E-state index is 0.0141. The van der Waals surface area contributed by atoms with E-state index in [0.29, 0.717) is 31.9 Å². The molecule has 1 N–H and O–H groups in total. The lowest BCUT2D eigenvalue weighted by atomic mass is 9.99. The standard InChI is InChI=1S/C25H29FN2O6/c1-16(2)34-19-7-6-17(15-18(19)26)23(29)21-22(20-5-3-12-33-20)28(25(31)24(21)30)9-4-8-27-10-13-32-14-11-27/h3,5-7,12,15-16,22,29H,4,8-11,13-14H2,1-2H3. The van der Waals surface area contributed by atoms with Crippen molar-refractivity contribution >= 4 is 17.4 Å². The second-order valence-corrected chi connectivity index (χ2v) is 8.77. The van der Waals surface area contributed by atoms with E-state index in [9.17, 15) is 19.1 Å². The molecule has 0 spiro atoms. The van der Waals surface area contributed by atoms with Crippen molar-refractivity contribution in [1.29, 1.82) is 0 Å². The first kappa shape index (κ1) is 24.0. The molecule has 9 heteroatoms. The predicted molar refractivity (Wildman–Crippen MR) is 118 cm³/mol. The highest BCUT2D eigenvalue weighted by molar-refractivity contribution is 6.46. The summed E-state index contributed by atoms with van der Waals surface area (Å²) in [6.07, 6.45) is 1.84. The summed E-state index contributed by atoms with van der Waals surface area (Å²) < 4.78 is 30.8. The minimum Gasteiger partial charge on any atom is -0.872 e. The summed E-state index contributed by atoms with van der Waals surface area (Å²) in [5.74, 6) is -2.70. The van der Waals surface area contributed by atoms with Crippen molar-refractivity contribution in [3.63, 3.8) is 0 Å². The number of quaternary nitrogens is 1. The first-order valence-corrected chi connectivity index (χ1v) is 11.5. The van der Waals surface area contributed by atoms with E-state index in [1.165, 1.54) is 28.2 Å². The van der Waals surface area contributed by atoms with Gasteiger partial charge in [-0.15, -0.1) is 0 Å². The minimum atomic E-state index is -0.947. The SMILES string of the molecule is CC(C)Oc1ccc(C([O-])=C2C(=O)C(=O)N(CCC[NH+]3CCOCC3)C2c2ccco2)cc1F. The van der Waals surface area contributed by atoms with Crippen molar-refractivity contribution in [2.24, 2.45) is 0 Å². The largest absolute Gasteiger partial charge is 0.872 e. The number of halogens is 1. The number of ether oxygens (including phenoxy) is 2. The zero-order chi connectivity index (χ0) is 24.2. The second kappa shape index (κ2) is 10.4. The Balaban J connectivity index is 1.62. The number of likely N-dealkylation sites (tertiary alicyclic amines) is 1. The van der Waals surface area contributed by atoms with Crippen LogP contribution in [0.3, 0.4) is 0 Å². The van der Waals surface area contributed by atoms with Crippen molar-refractivity contribution in [2.45, 2.75) is 32.4 Å². The summed E-state index contributed by atoms with van der Waals surface area (Å²) in [5.41, 5.74) is -0.253. The van der Waals surface area contributed by atoms with Crippen molar-refractivity contribution < 1.29 is 37.9 Å². The fourth-order valence-electron chi connectivity index (χ4n) is 4.40. The molecule has 34 heavy (non-hydrogen) atoms. The van der Waals surface area contributed by atoms with E-state index in [1.54, 1.807) is 26.0 Å². The van der Waals surface area contributed by atoms with Gasteiger partial charge in [0, 0.05) is 18.5 Å². The van der Waals surface area contributed by atoms with Crippen molar-refractivity contribution in [3.8, 4) is 5.75 Å². The zero-order valence-corrected chi connectivity index (χ0v) is 19.3. The molecule has 0 bridgehead atoms. The van der Waals surface area contributed by atoms with Crippen LogP contribution in [0.25, 0.3) is 5.76 Å². The lowest BCUT2D eigenvalue weighted by Gasteiger charge is -2.27. The summed E-state index contributed by atoms with van der Waals surface area (Å²) in [4.78, 5) is 28.7. The van der Waals surface area contributed by atoms with Crippen LogP contribution in [-0.4, -0.2) is 62.1 Å². The number of nitrogens with zero attached hydrogens (tertiary/aromatic N) is 1. The zero-order valence-electron chi connectivity index (χ0n) is 19.3. The summed E-state index contributed by atoms with van der Waals surface area (Å²) in [6, 6.07) is 6.11. The van der Waals surface area contributed by atoms with Gasteiger partial charge in [-0.25, -0.2) is 4.39 Å². The molecule has 1 aromatic carbocycles. The first-order chi connectivity index (χ1) is 16.4. The normalized spacial score (nSPS) is 20.9. The van der Waals surface area contributed by atoms with Gasteiger partial charge < -0.3 is 28.8 Å². The van der Waals surface area contributed by atoms with Crippen LogP contribution in [0.15, 0.2) is 46.6 Å². The molecule has 2 saturated heterocycles. The Morgan fingerprint density at radius 2 is 2.03 bits per heavy atom. The fourth-order valence-corrected chi connectivity index (χ4v) is 4.40. The van der Waals surface area contributed by atoms with Crippen molar-refractivity contribution in [3.05, 3.63) is 59.3 Å². The Labute approximate surface area is 197 Å². The van der Waals surface area contributed by atoms with Crippen LogP contribution in [0.4, 0.5) is 4.39 Å². The average Bonchev–Trinajstić information content (AvgIpc) is 3.43. The number of Topliss-reactive ketones (excluding diaryl/α,β-unsaturated/α-hetero) is 1. The summed E-state index contributed by atoms with van der Waals surface area (Å²) >= 11 is 0.